The molecule has 0 radical (unpaired) electrons. The van der Waals surface area contributed by atoms with Crippen LogP contribution in [0.4, 0.5) is 0 Å². The molecule has 1 N–H and O–H groups in total. The van der Waals surface area contributed by atoms with Gasteiger partial charge in [0.25, 0.3) is 0 Å². The molecule has 1 saturated carbocycles. The number of aromatic nitrogens is 1. The van der Waals surface area contributed by atoms with Crippen LogP contribution < -0.4 is 5.32 Å². The summed E-state index contributed by atoms with van der Waals surface area (Å²) in [7, 11) is 1.87. The molecule has 5 heteroatoms. The van der Waals surface area contributed by atoms with Crippen molar-refractivity contribution in [3.05, 3.63) is 29.0 Å². The number of likely N-dealkylation sites (tertiary alicyclic amines) is 1. The second-order valence-electron chi connectivity index (χ2n) is 6.10. The molecule has 0 spiro atoms. The highest BCUT2D eigenvalue weighted by Crippen LogP contribution is 2.35. The van der Waals surface area contributed by atoms with Gasteiger partial charge in [-0.15, -0.1) is 0 Å². The second kappa shape index (κ2) is 6.65. The molecule has 2 fully saturated rings. The molecule has 0 amide bonds. The Hall–Kier alpha value is -1.29. The Morgan fingerprint density at radius 1 is 1.33 bits per heavy atom. The van der Waals surface area contributed by atoms with Crippen LogP contribution in [0.1, 0.15) is 31.2 Å². The highest BCUT2D eigenvalue weighted by Gasteiger charge is 2.35. The van der Waals surface area contributed by atoms with Gasteiger partial charge in [0.15, 0.2) is 5.96 Å². The Morgan fingerprint density at radius 3 is 2.62 bits per heavy atom. The van der Waals surface area contributed by atoms with Gasteiger partial charge in [-0.25, -0.2) is 4.98 Å². The van der Waals surface area contributed by atoms with E-state index in [0.717, 1.165) is 43.0 Å². The molecule has 1 saturated heterocycles. The monoisotopic (exact) mass is 306 g/mol. The van der Waals surface area contributed by atoms with Crippen LogP contribution in [0.3, 0.4) is 0 Å². The van der Waals surface area contributed by atoms with Crippen LogP contribution in [-0.4, -0.2) is 36.0 Å². The zero-order valence-corrected chi connectivity index (χ0v) is 13.3. The van der Waals surface area contributed by atoms with Crippen LogP contribution in [0.25, 0.3) is 0 Å². The van der Waals surface area contributed by atoms with E-state index >= 15 is 0 Å². The average Bonchev–Trinajstić information content (AvgIpc) is 2.93. The van der Waals surface area contributed by atoms with Crippen LogP contribution in [0.2, 0.25) is 5.15 Å². The van der Waals surface area contributed by atoms with Crippen molar-refractivity contribution in [1.82, 2.24) is 15.2 Å². The SMILES string of the molecule is CN=C(NCc1ccc(Cl)nc1)N1CC2CCCCC2C1. The Labute approximate surface area is 131 Å². The second-order valence-corrected chi connectivity index (χ2v) is 6.49. The third kappa shape index (κ3) is 3.49. The molecule has 2 heterocycles. The molecule has 0 aromatic carbocycles. The number of nitrogens with zero attached hydrogens (tertiary/aromatic N) is 3. The lowest BCUT2D eigenvalue weighted by molar-refractivity contribution is 0.299. The summed E-state index contributed by atoms with van der Waals surface area (Å²) in [6.45, 7) is 3.05. The van der Waals surface area contributed by atoms with Crippen LogP contribution in [-0.2, 0) is 6.54 Å². The minimum atomic E-state index is 0.534. The molecule has 2 aliphatic rings. The molecule has 1 aliphatic carbocycles. The molecule has 1 aliphatic heterocycles. The van der Waals surface area contributed by atoms with E-state index in [0.29, 0.717) is 5.15 Å². The smallest absolute Gasteiger partial charge is 0.193 e. The minimum Gasteiger partial charge on any atom is -0.352 e. The highest BCUT2D eigenvalue weighted by atomic mass is 35.5. The first-order valence-electron chi connectivity index (χ1n) is 7.82. The van der Waals surface area contributed by atoms with Gasteiger partial charge < -0.3 is 10.2 Å². The first kappa shape index (κ1) is 14.6. The van der Waals surface area contributed by atoms with Crippen LogP contribution in [0.15, 0.2) is 23.3 Å². The summed E-state index contributed by atoms with van der Waals surface area (Å²) >= 11 is 5.81. The highest BCUT2D eigenvalue weighted by molar-refractivity contribution is 6.29. The van der Waals surface area contributed by atoms with E-state index in [1.807, 2.05) is 25.4 Å². The molecule has 1 aromatic heterocycles. The van der Waals surface area contributed by atoms with E-state index in [1.54, 1.807) is 0 Å². The molecule has 2 atom stereocenters. The van der Waals surface area contributed by atoms with Crippen molar-refractivity contribution in [2.45, 2.75) is 32.2 Å². The lowest BCUT2D eigenvalue weighted by Crippen LogP contribution is -2.39. The van der Waals surface area contributed by atoms with Crippen molar-refractivity contribution in [3.63, 3.8) is 0 Å². The number of aliphatic imine (C=N–C) groups is 1. The van der Waals surface area contributed by atoms with Crippen molar-refractivity contribution in [3.8, 4) is 0 Å². The van der Waals surface area contributed by atoms with E-state index < -0.39 is 0 Å². The van der Waals surface area contributed by atoms with E-state index in [9.17, 15) is 0 Å². The number of hydrogen-bond acceptors (Lipinski definition) is 2. The van der Waals surface area contributed by atoms with Crippen LogP contribution >= 0.6 is 11.6 Å². The number of hydrogen-bond donors (Lipinski definition) is 1. The lowest BCUT2D eigenvalue weighted by Gasteiger charge is -2.22. The number of pyridine rings is 1. The average molecular weight is 307 g/mol. The standard InChI is InChI=1S/C16H23ClN4/c1-18-16(20-9-12-6-7-15(17)19-8-12)21-10-13-4-2-3-5-14(13)11-21/h6-8,13-14H,2-5,9-11H2,1H3,(H,18,20). The minimum absolute atomic E-state index is 0.534. The molecule has 21 heavy (non-hydrogen) atoms. The van der Waals surface area contributed by atoms with Crippen LogP contribution in [0.5, 0.6) is 0 Å². The molecule has 2 unspecified atom stereocenters. The zero-order chi connectivity index (χ0) is 14.7. The predicted molar refractivity (Wildman–Crippen MR) is 86.5 cm³/mol. The molecule has 1 aromatic rings. The van der Waals surface area contributed by atoms with Crippen molar-refractivity contribution in [2.75, 3.05) is 20.1 Å². The summed E-state index contributed by atoms with van der Waals surface area (Å²) < 4.78 is 0. The summed E-state index contributed by atoms with van der Waals surface area (Å²) in [6.07, 6.45) is 7.39. The van der Waals surface area contributed by atoms with Gasteiger partial charge in [-0.2, -0.15) is 0 Å². The number of fused-ring (bicyclic) bond motifs is 1. The first-order valence-corrected chi connectivity index (χ1v) is 8.20. The van der Waals surface area contributed by atoms with E-state index in [1.165, 1.54) is 25.7 Å². The number of nitrogens with one attached hydrogen (secondary N) is 1. The normalized spacial score (nSPS) is 25.8. The molecule has 4 nitrogen and oxygen atoms in total. The number of guanidine groups is 1. The number of halogens is 1. The largest absolute Gasteiger partial charge is 0.352 e. The van der Waals surface area contributed by atoms with Gasteiger partial charge in [-0.1, -0.05) is 30.5 Å². The molecule has 0 bridgehead atoms. The fourth-order valence-electron chi connectivity index (χ4n) is 3.60. The predicted octanol–water partition coefficient (Wildman–Crippen LogP) is 2.93. The van der Waals surface area contributed by atoms with Gasteiger partial charge in [0.1, 0.15) is 5.15 Å². The molecule has 114 valence electrons. The van der Waals surface area contributed by atoms with Gasteiger partial charge in [0.2, 0.25) is 0 Å². The van der Waals surface area contributed by atoms with Crippen molar-refractivity contribution >= 4 is 17.6 Å². The fraction of sp³-hybridized carbons (Fsp3) is 0.625. The number of rotatable bonds is 2. The zero-order valence-electron chi connectivity index (χ0n) is 12.6. The Kier molecular flexibility index (Phi) is 4.63. The molecular formula is C16H23ClN4. The molecule has 3 rings (SSSR count). The Balaban J connectivity index is 1.57. The summed E-state index contributed by atoms with van der Waals surface area (Å²) in [5.74, 6) is 2.75. The van der Waals surface area contributed by atoms with Crippen molar-refractivity contribution < 1.29 is 0 Å². The van der Waals surface area contributed by atoms with E-state index in [2.05, 4.69) is 20.2 Å². The van der Waals surface area contributed by atoms with E-state index in [-0.39, 0.29) is 0 Å². The fourth-order valence-corrected chi connectivity index (χ4v) is 3.72. The molecular weight excluding hydrogens is 284 g/mol. The third-order valence-electron chi connectivity index (χ3n) is 4.73. The summed E-state index contributed by atoms with van der Waals surface area (Å²) in [5.41, 5.74) is 1.12. The van der Waals surface area contributed by atoms with Gasteiger partial charge in [0.05, 0.1) is 0 Å². The topological polar surface area (TPSA) is 40.5 Å². The maximum absolute atomic E-state index is 5.81. The third-order valence-corrected chi connectivity index (χ3v) is 4.95. The van der Waals surface area contributed by atoms with Gasteiger partial charge in [-0.3, -0.25) is 4.99 Å². The Morgan fingerprint density at radius 2 is 2.05 bits per heavy atom. The summed E-state index contributed by atoms with van der Waals surface area (Å²) in [5, 5.41) is 3.98. The van der Waals surface area contributed by atoms with Crippen molar-refractivity contribution in [1.29, 1.82) is 0 Å². The van der Waals surface area contributed by atoms with Gasteiger partial charge >= 0.3 is 0 Å². The Bertz CT molecular complexity index is 486. The van der Waals surface area contributed by atoms with Crippen LogP contribution in [0, 0.1) is 11.8 Å². The first-order chi connectivity index (χ1) is 10.3. The van der Waals surface area contributed by atoms with E-state index in [4.69, 9.17) is 11.6 Å². The van der Waals surface area contributed by atoms with Gasteiger partial charge in [0, 0.05) is 32.9 Å². The maximum Gasteiger partial charge on any atom is 0.193 e. The quantitative estimate of drug-likeness (QED) is 0.519. The maximum atomic E-state index is 5.81. The summed E-state index contributed by atoms with van der Waals surface area (Å²) in [4.78, 5) is 11.0. The summed E-state index contributed by atoms with van der Waals surface area (Å²) in [6, 6.07) is 3.82. The van der Waals surface area contributed by atoms with Crippen molar-refractivity contribution in [2.24, 2.45) is 16.8 Å². The lowest BCUT2D eigenvalue weighted by atomic mass is 9.82. The van der Waals surface area contributed by atoms with Gasteiger partial charge in [-0.05, 0) is 36.3 Å².